The second kappa shape index (κ2) is 5.70. The molecular formula is C11H10F3N3O2S2. The van der Waals surface area contributed by atoms with E-state index in [9.17, 15) is 21.6 Å². The summed E-state index contributed by atoms with van der Waals surface area (Å²) in [5, 5.41) is 2.29. The van der Waals surface area contributed by atoms with Crippen LogP contribution in [0.2, 0.25) is 0 Å². The van der Waals surface area contributed by atoms with Crippen LogP contribution in [0.15, 0.2) is 34.8 Å². The number of hydrogen-bond acceptors (Lipinski definition) is 5. The summed E-state index contributed by atoms with van der Waals surface area (Å²) in [7, 11) is -2.58. The van der Waals surface area contributed by atoms with E-state index in [0.717, 1.165) is 10.4 Å². The molecule has 0 bridgehead atoms. The van der Waals surface area contributed by atoms with Gasteiger partial charge in [0.05, 0.1) is 6.54 Å². The van der Waals surface area contributed by atoms with E-state index in [1.54, 1.807) is 11.6 Å². The lowest BCUT2D eigenvalue weighted by Gasteiger charge is -2.16. The topological polar surface area (TPSA) is 63.2 Å². The molecule has 2 heterocycles. The third-order valence-electron chi connectivity index (χ3n) is 2.58. The van der Waals surface area contributed by atoms with E-state index in [4.69, 9.17) is 0 Å². The Hall–Kier alpha value is -1.52. The number of aromatic nitrogens is 2. The smallest absolute Gasteiger partial charge is 0.250 e. The van der Waals surface area contributed by atoms with E-state index in [0.29, 0.717) is 17.3 Å². The predicted molar refractivity (Wildman–Crippen MR) is 70.0 cm³/mol. The van der Waals surface area contributed by atoms with Crippen LogP contribution in [0.25, 0.3) is 0 Å². The number of rotatable bonds is 4. The molecule has 21 heavy (non-hydrogen) atoms. The molecule has 0 spiro atoms. The molecule has 0 aliphatic carbocycles. The van der Waals surface area contributed by atoms with Gasteiger partial charge >= 0.3 is 6.18 Å². The van der Waals surface area contributed by atoms with Crippen molar-refractivity contribution in [1.82, 2.24) is 14.3 Å². The summed E-state index contributed by atoms with van der Waals surface area (Å²) in [5.74, 6) is 0. The summed E-state index contributed by atoms with van der Waals surface area (Å²) in [6.07, 6.45) is -2.36. The van der Waals surface area contributed by atoms with Gasteiger partial charge in [-0.25, -0.2) is 13.4 Å². The van der Waals surface area contributed by atoms with Crippen molar-refractivity contribution in [3.8, 4) is 0 Å². The first-order valence-electron chi connectivity index (χ1n) is 5.59. The van der Waals surface area contributed by atoms with Crippen molar-refractivity contribution < 1.29 is 21.6 Å². The van der Waals surface area contributed by atoms with Crippen LogP contribution in [0.3, 0.4) is 0 Å². The maximum Gasteiger partial charge on any atom is 0.433 e. The molecule has 5 nitrogen and oxygen atoms in total. The van der Waals surface area contributed by atoms with E-state index >= 15 is 0 Å². The minimum Gasteiger partial charge on any atom is -0.250 e. The molecule has 0 N–H and O–H groups in total. The zero-order valence-corrected chi connectivity index (χ0v) is 12.3. The standard InChI is InChI=1S/C11H10F3N3O2S2/c1-17(7-10-15-4-5-20-10)21(18,19)8-2-3-9(16-6-8)11(12,13)14/h2-6H,7H2,1H3. The maximum absolute atomic E-state index is 12.4. The van der Waals surface area contributed by atoms with Gasteiger partial charge in [-0.15, -0.1) is 11.3 Å². The van der Waals surface area contributed by atoms with Gasteiger partial charge in [-0.05, 0) is 12.1 Å². The Labute approximate surface area is 123 Å². The van der Waals surface area contributed by atoms with Crippen LogP contribution in [0.4, 0.5) is 13.2 Å². The average Bonchev–Trinajstić information content (AvgIpc) is 2.90. The van der Waals surface area contributed by atoms with E-state index in [1.807, 2.05) is 0 Å². The van der Waals surface area contributed by atoms with E-state index < -0.39 is 21.9 Å². The Balaban J connectivity index is 2.23. The lowest BCUT2D eigenvalue weighted by molar-refractivity contribution is -0.141. The van der Waals surface area contributed by atoms with Gasteiger partial charge in [-0.2, -0.15) is 17.5 Å². The second-order valence-corrected chi connectivity index (χ2v) is 7.09. The molecule has 0 aliphatic heterocycles. The second-order valence-electron chi connectivity index (χ2n) is 4.06. The summed E-state index contributed by atoms with van der Waals surface area (Å²) >= 11 is 1.29. The monoisotopic (exact) mass is 337 g/mol. The minimum absolute atomic E-state index is 0.0427. The number of nitrogens with zero attached hydrogens (tertiary/aromatic N) is 3. The van der Waals surface area contributed by atoms with Crippen molar-refractivity contribution >= 4 is 21.4 Å². The summed E-state index contributed by atoms with van der Waals surface area (Å²) in [6.45, 7) is 0.0427. The Kier molecular flexibility index (Phi) is 4.30. The number of alkyl halides is 3. The molecule has 2 rings (SSSR count). The SMILES string of the molecule is CN(Cc1nccs1)S(=O)(=O)c1ccc(C(F)(F)F)nc1. The van der Waals surface area contributed by atoms with Gasteiger partial charge in [0, 0.05) is 24.8 Å². The third kappa shape index (κ3) is 3.57. The lowest BCUT2D eigenvalue weighted by Crippen LogP contribution is -2.26. The van der Waals surface area contributed by atoms with E-state index in [1.165, 1.54) is 18.4 Å². The van der Waals surface area contributed by atoms with Gasteiger partial charge in [-0.3, -0.25) is 4.98 Å². The van der Waals surface area contributed by atoms with E-state index in [2.05, 4.69) is 9.97 Å². The van der Waals surface area contributed by atoms with Crippen LogP contribution in [0, 0.1) is 0 Å². The zero-order chi connectivity index (χ0) is 15.7. The summed E-state index contributed by atoms with van der Waals surface area (Å²) < 4.78 is 62.6. The van der Waals surface area contributed by atoms with Gasteiger partial charge < -0.3 is 0 Å². The number of sulfonamides is 1. The average molecular weight is 337 g/mol. The summed E-state index contributed by atoms with van der Waals surface area (Å²) in [6, 6.07) is 1.54. The molecule has 0 aliphatic rings. The highest BCUT2D eigenvalue weighted by atomic mass is 32.2. The van der Waals surface area contributed by atoms with Crippen molar-refractivity contribution in [2.24, 2.45) is 0 Å². The highest BCUT2D eigenvalue weighted by Gasteiger charge is 2.33. The van der Waals surface area contributed by atoms with Crippen molar-refractivity contribution in [2.75, 3.05) is 7.05 Å². The van der Waals surface area contributed by atoms with E-state index in [-0.39, 0.29) is 11.4 Å². The van der Waals surface area contributed by atoms with Crippen LogP contribution in [0.5, 0.6) is 0 Å². The minimum atomic E-state index is -4.60. The molecule has 2 aromatic rings. The van der Waals surface area contributed by atoms with Crippen LogP contribution >= 0.6 is 11.3 Å². The van der Waals surface area contributed by atoms with Crippen molar-refractivity contribution in [1.29, 1.82) is 0 Å². The molecule has 0 unspecified atom stereocenters. The summed E-state index contributed by atoms with van der Waals surface area (Å²) in [5.41, 5.74) is -1.14. The molecule has 0 radical (unpaired) electrons. The quantitative estimate of drug-likeness (QED) is 0.859. The number of halogens is 3. The maximum atomic E-state index is 12.4. The molecule has 0 saturated heterocycles. The van der Waals surface area contributed by atoms with Crippen molar-refractivity contribution in [3.05, 3.63) is 40.6 Å². The highest BCUT2D eigenvalue weighted by Crippen LogP contribution is 2.28. The molecule has 10 heteroatoms. The van der Waals surface area contributed by atoms with Crippen LogP contribution < -0.4 is 0 Å². The zero-order valence-electron chi connectivity index (χ0n) is 10.7. The van der Waals surface area contributed by atoms with Gasteiger partial charge in [0.1, 0.15) is 15.6 Å². The molecule has 0 atom stereocenters. The molecular weight excluding hydrogens is 327 g/mol. The Morgan fingerprint density at radius 2 is 2.00 bits per heavy atom. The molecule has 0 saturated carbocycles. The first-order chi connectivity index (χ1) is 9.71. The number of thiazole rings is 1. The normalized spacial score (nSPS) is 12.8. The predicted octanol–water partition coefficient (Wildman–Crippen LogP) is 2.38. The molecule has 0 fully saturated rings. The Morgan fingerprint density at radius 3 is 2.48 bits per heavy atom. The van der Waals surface area contributed by atoms with Gasteiger partial charge in [0.15, 0.2) is 0 Å². The molecule has 2 aromatic heterocycles. The van der Waals surface area contributed by atoms with Crippen LogP contribution in [0.1, 0.15) is 10.7 Å². The van der Waals surface area contributed by atoms with Crippen LogP contribution in [-0.2, 0) is 22.7 Å². The lowest BCUT2D eigenvalue weighted by atomic mass is 10.3. The third-order valence-corrected chi connectivity index (χ3v) is 5.13. The van der Waals surface area contributed by atoms with Gasteiger partial charge in [0.2, 0.25) is 10.0 Å². The number of hydrogen-bond donors (Lipinski definition) is 0. The molecule has 0 amide bonds. The fourth-order valence-corrected chi connectivity index (χ4v) is 3.32. The fourth-order valence-electron chi connectivity index (χ4n) is 1.49. The number of pyridine rings is 1. The Morgan fingerprint density at radius 1 is 1.29 bits per heavy atom. The summed E-state index contributed by atoms with van der Waals surface area (Å²) in [4.78, 5) is 6.81. The van der Waals surface area contributed by atoms with Crippen molar-refractivity contribution in [2.45, 2.75) is 17.6 Å². The van der Waals surface area contributed by atoms with Crippen LogP contribution in [-0.4, -0.2) is 29.7 Å². The first-order valence-corrected chi connectivity index (χ1v) is 7.91. The Bertz CT molecular complexity index is 697. The molecule has 0 aromatic carbocycles. The van der Waals surface area contributed by atoms with Crippen molar-refractivity contribution in [3.63, 3.8) is 0 Å². The fraction of sp³-hybridized carbons (Fsp3) is 0.273. The first kappa shape index (κ1) is 15.9. The highest BCUT2D eigenvalue weighted by molar-refractivity contribution is 7.89. The van der Waals surface area contributed by atoms with Gasteiger partial charge in [0.25, 0.3) is 0 Å². The largest absolute Gasteiger partial charge is 0.433 e. The van der Waals surface area contributed by atoms with Gasteiger partial charge in [-0.1, -0.05) is 0 Å². The molecule has 114 valence electrons.